The molecule has 4 rings (SSSR count). The van der Waals surface area contributed by atoms with Crippen LogP contribution in [-0.4, -0.2) is 44.5 Å². The SMILES string of the molecule is CC(C)c1cc(N[C@H]2CCCN(C(=O)c3ccco3)C2)n2nccc2n1. The molecule has 1 N–H and O–H groups in total. The van der Waals surface area contributed by atoms with E-state index >= 15 is 0 Å². The first-order valence-corrected chi connectivity index (χ1v) is 9.06. The fourth-order valence-electron chi connectivity index (χ4n) is 3.38. The predicted molar refractivity (Wildman–Crippen MR) is 98.3 cm³/mol. The van der Waals surface area contributed by atoms with E-state index in [0.717, 1.165) is 36.5 Å². The van der Waals surface area contributed by atoms with E-state index in [-0.39, 0.29) is 11.9 Å². The second-order valence-electron chi connectivity index (χ2n) is 7.03. The number of hydrogen-bond donors (Lipinski definition) is 1. The number of amides is 1. The number of fused-ring (bicyclic) bond motifs is 1. The maximum atomic E-state index is 12.6. The first-order valence-electron chi connectivity index (χ1n) is 9.06. The molecule has 7 heteroatoms. The molecular formula is C19H23N5O2. The third-order valence-electron chi connectivity index (χ3n) is 4.76. The van der Waals surface area contributed by atoms with Crippen molar-refractivity contribution >= 4 is 17.4 Å². The van der Waals surface area contributed by atoms with E-state index in [1.807, 2.05) is 15.5 Å². The van der Waals surface area contributed by atoms with Crippen LogP contribution in [0.4, 0.5) is 5.82 Å². The standard InChI is InChI=1S/C19H23N5O2/c1-13(2)15-11-18(24-17(22-15)7-8-20-24)21-14-5-3-9-23(12-14)19(25)16-6-4-10-26-16/h4,6-8,10-11,13-14,21H,3,5,9,12H2,1-2H3/t14-/m0/s1. The second kappa shape index (κ2) is 6.82. The zero-order valence-corrected chi connectivity index (χ0v) is 15.1. The fourth-order valence-corrected chi connectivity index (χ4v) is 3.38. The molecule has 1 aliphatic heterocycles. The summed E-state index contributed by atoms with van der Waals surface area (Å²) >= 11 is 0. The van der Waals surface area contributed by atoms with Crippen molar-refractivity contribution in [2.24, 2.45) is 0 Å². The summed E-state index contributed by atoms with van der Waals surface area (Å²) < 4.78 is 7.08. The van der Waals surface area contributed by atoms with E-state index in [2.05, 4.69) is 35.3 Å². The number of aromatic nitrogens is 3. The molecule has 1 fully saturated rings. The Balaban J connectivity index is 1.54. The number of carbonyl (C=O) groups excluding carboxylic acids is 1. The Bertz CT molecular complexity index is 900. The van der Waals surface area contributed by atoms with Crippen LogP contribution in [0.5, 0.6) is 0 Å². The average Bonchev–Trinajstić information content (AvgIpc) is 3.33. The highest BCUT2D eigenvalue weighted by atomic mass is 16.3. The normalized spacial score (nSPS) is 17.8. The maximum Gasteiger partial charge on any atom is 0.289 e. The molecular weight excluding hydrogens is 330 g/mol. The van der Waals surface area contributed by atoms with Gasteiger partial charge in [-0.1, -0.05) is 13.8 Å². The van der Waals surface area contributed by atoms with E-state index in [9.17, 15) is 4.79 Å². The average molecular weight is 353 g/mol. The molecule has 136 valence electrons. The number of hydrogen-bond acceptors (Lipinski definition) is 5. The van der Waals surface area contributed by atoms with Crippen molar-refractivity contribution < 1.29 is 9.21 Å². The Kier molecular flexibility index (Phi) is 4.36. The summed E-state index contributed by atoms with van der Waals surface area (Å²) in [4.78, 5) is 19.1. The van der Waals surface area contributed by atoms with Gasteiger partial charge in [-0.3, -0.25) is 4.79 Å². The van der Waals surface area contributed by atoms with E-state index in [1.165, 1.54) is 6.26 Å². The van der Waals surface area contributed by atoms with E-state index in [1.54, 1.807) is 18.3 Å². The molecule has 0 saturated carbocycles. The highest BCUT2D eigenvalue weighted by Gasteiger charge is 2.26. The monoisotopic (exact) mass is 353 g/mol. The van der Waals surface area contributed by atoms with Crippen molar-refractivity contribution in [1.29, 1.82) is 0 Å². The summed E-state index contributed by atoms with van der Waals surface area (Å²) in [7, 11) is 0. The number of nitrogens with zero attached hydrogens (tertiary/aromatic N) is 4. The zero-order valence-electron chi connectivity index (χ0n) is 15.1. The lowest BCUT2D eigenvalue weighted by Crippen LogP contribution is -2.45. The first kappa shape index (κ1) is 16.6. The highest BCUT2D eigenvalue weighted by molar-refractivity contribution is 5.91. The Morgan fingerprint density at radius 3 is 3.04 bits per heavy atom. The molecule has 7 nitrogen and oxygen atoms in total. The van der Waals surface area contributed by atoms with Gasteiger partial charge < -0.3 is 14.6 Å². The van der Waals surface area contributed by atoms with Crippen LogP contribution in [-0.2, 0) is 0 Å². The molecule has 3 aromatic rings. The molecule has 1 atom stereocenters. The lowest BCUT2D eigenvalue weighted by atomic mass is 10.0. The molecule has 0 bridgehead atoms. The zero-order chi connectivity index (χ0) is 18.1. The van der Waals surface area contributed by atoms with Crippen LogP contribution in [0.1, 0.15) is 48.9 Å². The summed E-state index contributed by atoms with van der Waals surface area (Å²) in [6.07, 6.45) is 5.25. The molecule has 4 heterocycles. The molecule has 26 heavy (non-hydrogen) atoms. The van der Waals surface area contributed by atoms with Gasteiger partial charge in [-0.15, -0.1) is 0 Å². The van der Waals surface area contributed by atoms with E-state index in [0.29, 0.717) is 18.2 Å². The first-order chi connectivity index (χ1) is 12.6. The Hall–Kier alpha value is -2.83. The summed E-state index contributed by atoms with van der Waals surface area (Å²) in [6, 6.07) is 7.58. The van der Waals surface area contributed by atoms with Gasteiger partial charge in [0, 0.05) is 37.0 Å². The van der Waals surface area contributed by atoms with Crippen LogP contribution in [0.2, 0.25) is 0 Å². The predicted octanol–water partition coefficient (Wildman–Crippen LogP) is 3.16. The molecule has 0 spiro atoms. The van der Waals surface area contributed by atoms with Crippen molar-refractivity contribution in [1.82, 2.24) is 19.5 Å². The molecule has 1 amide bonds. The van der Waals surface area contributed by atoms with Gasteiger partial charge in [0.15, 0.2) is 11.4 Å². The Labute approximate surface area is 152 Å². The Morgan fingerprint density at radius 2 is 2.27 bits per heavy atom. The van der Waals surface area contributed by atoms with Crippen LogP contribution < -0.4 is 5.32 Å². The number of anilines is 1. The minimum Gasteiger partial charge on any atom is -0.459 e. The van der Waals surface area contributed by atoms with E-state index in [4.69, 9.17) is 4.42 Å². The topological polar surface area (TPSA) is 75.7 Å². The number of furan rings is 1. The summed E-state index contributed by atoms with van der Waals surface area (Å²) in [5, 5.41) is 7.95. The van der Waals surface area contributed by atoms with Gasteiger partial charge in [-0.25, -0.2) is 4.98 Å². The van der Waals surface area contributed by atoms with Crippen LogP contribution in [0.25, 0.3) is 5.65 Å². The minimum atomic E-state index is -0.0525. The van der Waals surface area contributed by atoms with Gasteiger partial charge in [0.2, 0.25) is 0 Å². The van der Waals surface area contributed by atoms with Crippen LogP contribution >= 0.6 is 0 Å². The number of piperidine rings is 1. The van der Waals surface area contributed by atoms with Crippen molar-refractivity contribution in [2.45, 2.75) is 38.6 Å². The summed E-state index contributed by atoms with van der Waals surface area (Å²) in [6.45, 7) is 5.65. The molecule has 1 aliphatic rings. The summed E-state index contributed by atoms with van der Waals surface area (Å²) in [5.74, 6) is 1.59. The van der Waals surface area contributed by atoms with Crippen molar-refractivity contribution in [3.8, 4) is 0 Å². The number of carbonyl (C=O) groups is 1. The van der Waals surface area contributed by atoms with Crippen LogP contribution in [0, 0.1) is 0 Å². The molecule has 1 saturated heterocycles. The smallest absolute Gasteiger partial charge is 0.289 e. The van der Waals surface area contributed by atoms with Gasteiger partial charge in [0.25, 0.3) is 5.91 Å². The highest BCUT2D eigenvalue weighted by Crippen LogP contribution is 2.22. The van der Waals surface area contributed by atoms with Crippen molar-refractivity contribution in [2.75, 3.05) is 18.4 Å². The number of likely N-dealkylation sites (tertiary alicyclic amines) is 1. The Morgan fingerprint density at radius 1 is 1.38 bits per heavy atom. The lowest BCUT2D eigenvalue weighted by molar-refractivity contribution is 0.0682. The fraction of sp³-hybridized carbons (Fsp3) is 0.421. The molecule has 0 aromatic carbocycles. The largest absolute Gasteiger partial charge is 0.459 e. The van der Waals surface area contributed by atoms with Gasteiger partial charge >= 0.3 is 0 Å². The molecule has 0 aliphatic carbocycles. The van der Waals surface area contributed by atoms with Gasteiger partial charge in [0.05, 0.1) is 12.5 Å². The molecule has 0 radical (unpaired) electrons. The molecule has 0 unspecified atom stereocenters. The van der Waals surface area contributed by atoms with Gasteiger partial charge in [-0.05, 0) is 30.9 Å². The molecule has 3 aromatic heterocycles. The van der Waals surface area contributed by atoms with Crippen molar-refractivity contribution in [3.63, 3.8) is 0 Å². The second-order valence-corrected chi connectivity index (χ2v) is 7.03. The van der Waals surface area contributed by atoms with Gasteiger partial charge in [-0.2, -0.15) is 9.61 Å². The lowest BCUT2D eigenvalue weighted by Gasteiger charge is -2.33. The maximum absolute atomic E-state index is 12.6. The minimum absolute atomic E-state index is 0.0525. The number of nitrogens with one attached hydrogen (secondary N) is 1. The van der Waals surface area contributed by atoms with Crippen molar-refractivity contribution in [3.05, 3.63) is 48.2 Å². The summed E-state index contributed by atoms with van der Waals surface area (Å²) in [5.41, 5.74) is 1.86. The third kappa shape index (κ3) is 3.16. The van der Waals surface area contributed by atoms with Gasteiger partial charge in [0.1, 0.15) is 5.82 Å². The third-order valence-corrected chi connectivity index (χ3v) is 4.76. The van der Waals surface area contributed by atoms with Crippen LogP contribution in [0.15, 0.2) is 41.1 Å². The number of rotatable bonds is 4. The quantitative estimate of drug-likeness (QED) is 0.780. The van der Waals surface area contributed by atoms with Crippen LogP contribution in [0.3, 0.4) is 0 Å². The van der Waals surface area contributed by atoms with E-state index < -0.39 is 0 Å².